The maximum atomic E-state index is 11.8. The van der Waals surface area contributed by atoms with E-state index in [0.717, 1.165) is 69.6 Å². The van der Waals surface area contributed by atoms with E-state index >= 15 is 0 Å². The Morgan fingerprint density at radius 2 is 2.14 bits per heavy atom. The lowest BCUT2D eigenvalue weighted by atomic mass is 9.79. The molecule has 3 fully saturated rings. The third-order valence-electron chi connectivity index (χ3n) is 6.49. The molecule has 7 nitrogen and oxygen atoms in total. The molecule has 0 aliphatic carbocycles. The van der Waals surface area contributed by atoms with Gasteiger partial charge in [0.1, 0.15) is 11.5 Å². The van der Waals surface area contributed by atoms with E-state index < -0.39 is 0 Å². The highest BCUT2D eigenvalue weighted by atomic mass is 16.3. The number of carbonyl (C=O) groups is 1. The van der Waals surface area contributed by atoms with Gasteiger partial charge in [0, 0.05) is 45.1 Å². The van der Waals surface area contributed by atoms with Crippen molar-refractivity contribution in [1.29, 1.82) is 0 Å². The van der Waals surface area contributed by atoms with Crippen LogP contribution in [0.25, 0.3) is 0 Å². The molecule has 4 rings (SSSR count). The Kier molecular flexibility index (Phi) is 5.62. The van der Waals surface area contributed by atoms with Gasteiger partial charge in [-0.2, -0.15) is 0 Å². The molecule has 1 amide bonds. The van der Waals surface area contributed by atoms with E-state index in [1.54, 1.807) is 0 Å². The van der Waals surface area contributed by atoms with Crippen molar-refractivity contribution < 1.29 is 9.21 Å². The van der Waals surface area contributed by atoms with Gasteiger partial charge in [0.2, 0.25) is 5.91 Å². The molecular formula is C21H33N5O2. The molecule has 2 N–H and O–H groups in total. The molecule has 2 unspecified atom stereocenters. The highest BCUT2D eigenvalue weighted by Gasteiger charge is 2.42. The van der Waals surface area contributed by atoms with E-state index in [1.807, 2.05) is 20.0 Å². The second-order valence-corrected chi connectivity index (χ2v) is 8.61. The fraction of sp³-hybridized carbons (Fsp3) is 0.714. The van der Waals surface area contributed by atoms with Crippen molar-refractivity contribution >= 4 is 11.9 Å². The number of nitrogens with one attached hydrogen (secondary N) is 2. The Morgan fingerprint density at radius 3 is 2.79 bits per heavy atom. The van der Waals surface area contributed by atoms with E-state index in [4.69, 9.17) is 4.42 Å². The second kappa shape index (κ2) is 8.15. The van der Waals surface area contributed by atoms with Crippen LogP contribution in [0.3, 0.4) is 0 Å². The molecule has 7 heteroatoms. The number of furan rings is 1. The summed E-state index contributed by atoms with van der Waals surface area (Å²) < 4.78 is 5.98. The van der Waals surface area contributed by atoms with E-state index in [-0.39, 0.29) is 17.4 Å². The van der Waals surface area contributed by atoms with Crippen LogP contribution in [0.1, 0.15) is 49.7 Å². The molecule has 2 atom stereocenters. The number of hydrogen-bond donors (Lipinski definition) is 2. The molecule has 28 heavy (non-hydrogen) atoms. The summed E-state index contributed by atoms with van der Waals surface area (Å²) in [5.74, 6) is 3.11. The minimum absolute atomic E-state index is 0.0689. The lowest BCUT2D eigenvalue weighted by Gasteiger charge is -2.41. The van der Waals surface area contributed by atoms with Crippen LogP contribution < -0.4 is 10.6 Å². The minimum atomic E-state index is 0.0689. The lowest BCUT2D eigenvalue weighted by Crippen LogP contribution is -2.52. The summed E-state index contributed by atoms with van der Waals surface area (Å²) in [6.45, 7) is 7.68. The average molecular weight is 388 g/mol. The quantitative estimate of drug-likeness (QED) is 0.610. The van der Waals surface area contributed by atoms with Crippen molar-refractivity contribution in [3.63, 3.8) is 0 Å². The molecule has 3 aliphatic rings. The number of aryl methyl sites for hydroxylation is 1. The largest absolute Gasteiger partial charge is 0.465 e. The first kappa shape index (κ1) is 19.3. The summed E-state index contributed by atoms with van der Waals surface area (Å²) in [6, 6.07) is 4.38. The monoisotopic (exact) mass is 387 g/mol. The Hall–Kier alpha value is -2.02. The van der Waals surface area contributed by atoms with Gasteiger partial charge in [-0.3, -0.25) is 14.7 Å². The molecule has 0 radical (unpaired) electrons. The molecular weight excluding hydrogens is 354 g/mol. The molecule has 4 heterocycles. The fourth-order valence-corrected chi connectivity index (χ4v) is 5.04. The normalized spacial score (nSPS) is 27.4. The van der Waals surface area contributed by atoms with Crippen molar-refractivity contribution in [1.82, 2.24) is 20.4 Å². The molecule has 3 saturated heterocycles. The Balaban J connectivity index is 1.43. The van der Waals surface area contributed by atoms with Gasteiger partial charge >= 0.3 is 0 Å². The molecule has 0 aromatic carbocycles. The van der Waals surface area contributed by atoms with Crippen LogP contribution in [0.15, 0.2) is 21.5 Å². The van der Waals surface area contributed by atoms with Gasteiger partial charge in [0.25, 0.3) is 0 Å². The number of rotatable bonds is 4. The van der Waals surface area contributed by atoms with E-state index in [9.17, 15) is 4.79 Å². The number of piperidine rings is 1. The zero-order valence-electron chi connectivity index (χ0n) is 17.2. The number of aliphatic imine (C=N–C) groups is 1. The van der Waals surface area contributed by atoms with Gasteiger partial charge in [0.15, 0.2) is 5.96 Å². The summed E-state index contributed by atoms with van der Waals surface area (Å²) in [5.41, 5.74) is 0.0689. The molecule has 1 aromatic rings. The fourth-order valence-electron chi connectivity index (χ4n) is 5.04. The van der Waals surface area contributed by atoms with Crippen LogP contribution in [0.4, 0.5) is 0 Å². The van der Waals surface area contributed by atoms with Gasteiger partial charge in [-0.15, -0.1) is 0 Å². The molecule has 1 spiro atoms. The van der Waals surface area contributed by atoms with Crippen LogP contribution in [-0.2, 0) is 4.79 Å². The van der Waals surface area contributed by atoms with Crippen LogP contribution in [0.5, 0.6) is 0 Å². The molecule has 3 aliphatic heterocycles. The van der Waals surface area contributed by atoms with Crippen molar-refractivity contribution in [2.24, 2.45) is 10.4 Å². The topological polar surface area (TPSA) is 73.1 Å². The zero-order valence-corrected chi connectivity index (χ0v) is 17.2. The Labute approximate surface area is 167 Å². The van der Waals surface area contributed by atoms with Gasteiger partial charge in [-0.05, 0) is 57.8 Å². The summed E-state index contributed by atoms with van der Waals surface area (Å²) in [5, 5.41) is 6.63. The predicted molar refractivity (Wildman–Crippen MR) is 109 cm³/mol. The SMILES string of the molecule is CN=C(NCC(c1ccc(C)o1)N1CCCC1)N1CCCC2(CNC(=O)C2)C1. The second-order valence-electron chi connectivity index (χ2n) is 8.61. The predicted octanol–water partition coefficient (Wildman–Crippen LogP) is 1.90. The highest BCUT2D eigenvalue weighted by molar-refractivity contribution is 5.81. The summed E-state index contributed by atoms with van der Waals surface area (Å²) in [6.07, 6.45) is 5.35. The first-order valence-electron chi connectivity index (χ1n) is 10.6. The maximum absolute atomic E-state index is 11.8. The third-order valence-corrected chi connectivity index (χ3v) is 6.49. The molecule has 0 saturated carbocycles. The standard InChI is InChI=1S/C21H33N5O2/c1-16-6-7-18(28-16)17(25-9-3-4-10-25)13-23-20(22-2)26-11-5-8-21(15-26)12-19(27)24-14-21/h6-7,17H,3-5,8-15H2,1-2H3,(H,22,23)(H,24,27). The summed E-state index contributed by atoms with van der Waals surface area (Å²) >= 11 is 0. The van der Waals surface area contributed by atoms with Crippen LogP contribution in [0, 0.1) is 12.3 Å². The number of amides is 1. The third kappa shape index (κ3) is 4.04. The van der Waals surface area contributed by atoms with Crippen molar-refractivity contribution in [2.75, 3.05) is 46.3 Å². The zero-order chi connectivity index (χ0) is 19.6. The number of nitrogens with zero attached hydrogens (tertiary/aromatic N) is 3. The number of guanidine groups is 1. The first-order chi connectivity index (χ1) is 13.6. The summed E-state index contributed by atoms with van der Waals surface area (Å²) in [7, 11) is 1.85. The number of likely N-dealkylation sites (tertiary alicyclic amines) is 2. The first-order valence-corrected chi connectivity index (χ1v) is 10.6. The van der Waals surface area contributed by atoms with Gasteiger partial charge in [-0.1, -0.05) is 0 Å². The van der Waals surface area contributed by atoms with Crippen molar-refractivity contribution in [2.45, 2.75) is 45.1 Å². The van der Waals surface area contributed by atoms with E-state index in [0.29, 0.717) is 6.42 Å². The molecule has 1 aromatic heterocycles. The minimum Gasteiger partial charge on any atom is -0.465 e. The molecule has 0 bridgehead atoms. The van der Waals surface area contributed by atoms with Crippen molar-refractivity contribution in [3.8, 4) is 0 Å². The highest BCUT2D eigenvalue weighted by Crippen LogP contribution is 2.36. The van der Waals surface area contributed by atoms with Gasteiger partial charge in [0.05, 0.1) is 6.04 Å². The van der Waals surface area contributed by atoms with E-state index in [1.165, 1.54) is 12.8 Å². The average Bonchev–Trinajstić information content (AvgIpc) is 3.42. The van der Waals surface area contributed by atoms with Crippen molar-refractivity contribution in [3.05, 3.63) is 23.7 Å². The molecule has 154 valence electrons. The number of carbonyl (C=O) groups excluding carboxylic acids is 1. The summed E-state index contributed by atoms with van der Waals surface area (Å²) in [4.78, 5) is 21.2. The Morgan fingerprint density at radius 1 is 1.32 bits per heavy atom. The Bertz CT molecular complexity index is 724. The smallest absolute Gasteiger partial charge is 0.220 e. The van der Waals surface area contributed by atoms with Gasteiger partial charge < -0.3 is 20.0 Å². The van der Waals surface area contributed by atoms with Crippen LogP contribution in [-0.4, -0.2) is 68.0 Å². The van der Waals surface area contributed by atoms with E-state index in [2.05, 4.69) is 31.5 Å². The maximum Gasteiger partial charge on any atom is 0.220 e. The van der Waals surface area contributed by atoms with Crippen LogP contribution in [0.2, 0.25) is 0 Å². The van der Waals surface area contributed by atoms with Gasteiger partial charge in [-0.25, -0.2) is 0 Å². The number of hydrogen-bond acceptors (Lipinski definition) is 4. The lowest BCUT2D eigenvalue weighted by molar-refractivity contribution is -0.119. The van der Waals surface area contributed by atoms with Crippen LogP contribution >= 0.6 is 0 Å².